The minimum atomic E-state index is 0.621. The average Bonchev–Trinajstić information content (AvgIpc) is 2.99. The minimum Gasteiger partial charge on any atom is -0.497 e. The summed E-state index contributed by atoms with van der Waals surface area (Å²) in [5, 5.41) is 9.02. The van der Waals surface area contributed by atoms with Gasteiger partial charge in [-0.2, -0.15) is 5.10 Å². The summed E-state index contributed by atoms with van der Waals surface area (Å²) < 4.78 is 10.6. The fraction of sp³-hybridized carbons (Fsp3) is 0.250. The van der Waals surface area contributed by atoms with Crippen LogP contribution in [0.15, 0.2) is 58.6 Å². The summed E-state index contributed by atoms with van der Waals surface area (Å²) in [5.41, 5.74) is 5.45. The number of methoxy groups -OCH3 is 2. The maximum absolute atomic E-state index is 5.35. The Morgan fingerprint density at radius 1 is 0.935 bits per heavy atom. The number of ether oxygens (including phenoxy) is 2. The van der Waals surface area contributed by atoms with E-state index in [1.54, 1.807) is 37.3 Å². The van der Waals surface area contributed by atoms with E-state index in [9.17, 15) is 0 Å². The SMILES string of the molecule is COc1ccc(CN2N=C(c3ccc(OC)cc3)c3c(sc(C)c3C)N=C2SC)cc1. The molecule has 0 aliphatic carbocycles. The first kappa shape index (κ1) is 21.5. The van der Waals surface area contributed by atoms with Crippen LogP contribution < -0.4 is 9.47 Å². The van der Waals surface area contributed by atoms with Crippen LogP contribution in [0.1, 0.15) is 27.1 Å². The molecule has 1 aromatic heterocycles. The molecule has 0 radical (unpaired) electrons. The predicted molar refractivity (Wildman–Crippen MR) is 132 cm³/mol. The van der Waals surface area contributed by atoms with Gasteiger partial charge in [0.15, 0.2) is 5.17 Å². The topological polar surface area (TPSA) is 46.4 Å². The van der Waals surface area contributed by atoms with Gasteiger partial charge in [0, 0.05) is 16.0 Å². The lowest BCUT2D eigenvalue weighted by Crippen LogP contribution is -2.24. The molecule has 4 rings (SSSR count). The average molecular weight is 452 g/mol. The molecule has 5 nitrogen and oxygen atoms in total. The number of hydrazone groups is 1. The number of hydrogen-bond acceptors (Lipinski definition) is 7. The molecular formula is C24H25N3O2S2. The number of rotatable bonds is 5. The third kappa shape index (κ3) is 4.34. The first-order chi connectivity index (χ1) is 15.0. The second-order valence-corrected chi connectivity index (χ2v) is 9.12. The number of benzene rings is 2. The number of hydrogen-bond donors (Lipinski definition) is 0. The highest BCUT2D eigenvalue weighted by molar-refractivity contribution is 8.13. The van der Waals surface area contributed by atoms with E-state index in [4.69, 9.17) is 19.6 Å². The Labute approximate surface area is 191 Å². The molecule has 0 amide bonds. The molecule has 0 unspecified atom stereocenters. The maximum atomic E-state index is 5.35. The third-order valence-electron chi connectivity index (χ3n) is 5.28. The van der Waals surface area contributed by atoms with Gasteiger partial charge in [-0.3, -0.25) is 0 Å². The third-order valence-corrected chi connectivity index (χ3v) is 7.05. The van der Waals surface area contributed by atoms with Crippen LogP contribution in [0.4, 0.5) is 5.00 Å². The molecule has 1 aliphatic rings. The quantitative estimate of drug-likeness (QED) is 0.477. The second-order valence-electron chi connectivity index (χ2n) is 7.14. The van der Waals surface area contributed by atoms with Crippen molar-refractivity contribution in [2.45, 2.75) is 20.4 Å². The van der Waals surface area contributed by atoms with Crippen LogP contribution in [0.3, 0.4) is 0 Å². The molecule has 1 aliphatic heterocycles. The molecule has 160 valence electrons. The van der Waals surface area contributed by atoms with Gasteiger partial charge in [0.1, 0.15) is 22.2 Å². The monoisotopic (exact) mass is 451 g/mol. The van der Waals surface area contributed by atoms with Crippen molar-refractivity contribution in [3.8, 4) is 11.5 Å². The van der Waals surface area contributed by atoms with Gasteiger partial charge in [0.25, 0.3) is 0 Å². The minimum absolute atomic E-state index is 0.621. The van der Waals surface area contributed by atoms with E-state index in [1.165, 1.54) is 10.4 Å². The lowest BCUT2D eigenvalue weighted by Gasteiger charge is -2.20. The molecule has 3 aromatic rings. The second kappa shape index (κ2) is 9.16. The fourth-order valence-corrected chi connectivity index (χ4v) is 5.02. The number of thiophene rings is 1. The molecule has 7 heteroatoms. The van der Waals surface area contributed by atoms with Crippen molar-refractivity contribution in [3.63, 3.8) is 0 Å². The van der Waals surface area contributed by atoms with E-state index in [0.29, 0.717) is 6.54 Å². The van der Waals surface area contributed by atoms with Crippen molar-refractivity contribution < 1.29 is 9.47 Å². The molecule has 0 N–H and O–H groups in total. The van der Waals surface area contributed by atoms with E-state index >= 15 is 0 Å². The molecule has 0 spiro atoms. The van der Waals surface area contributed by atoms with E-state index in [-0.39, 0.29) is 0 Å². The van der Waals surface area contributed by atoms with Crippen LogP contribution in [0.2, 0.25) is 0 Å². The zero-order chi connectivity index (χ0) is 22.0. The van der Waals surface area contributed by atoms with Crippen LogP contribution >= 0.6 is 23.1 Å². The van der Waals surface area contributed by atoms with Crippen molar-refractivity contribution in [2.24, 2.45) is 10.1 Å². The molecule has 31 heavy (non-hydrogen) atoms. The van der Waals surface area contributed by atoms with Crippen LogP contribution in [0.5, 0.6) is 11.5 Å². The van der Waals surface area contributed by atoms with E-state index in [0.717, 1.165) is 44.1 Å². The summed E-state index contributed by atoms with van der Waals surface area (Å²) in [5.74, 6) is 1.67. The number of nitrogens with zero attached hydrogens (tertiary/aromatic N) is 3. The summed E-state index contributed by atoms with van der Waals surface area (Å²) in [6, 6.07) is 16.1. The molecule has 0 saturated heterocycles. The van der Waals surface area contributed by atoms with Crippen molar-refractivity contribution in [2.75, 3.05) is 20.5 Å². The molecule has 2 aromatic carbocycles. The highest BCUT2D eigenvalue weighted by Gasteiger charge is 2.25. The highest BCUT2D eigenvalue weighted by atomic mass is 32.2. The van der Waals surface area contributed by atoms with E-state index < -0.39 is 0 Å². The summed E-state index contributed by atoms with van der Waals surface area (Å²) in [6.45, 7) is 4.91. The molecule has 0 fully saturated rings. The Hall–Kier alpha value is -2.77. The van der Waals surface area contributed by atoms with Crippen molar-refractivity contribution >= 4 is 39.0 Å². The normalized spacial score (nSPS) is 13.3. The Bertz CT molecular complexity index is 1130. The summed E-state index contributed by atoms with van der Waals surface area (Å²) in [6.07, 6.45) is 2.04. The van der Waals surface area contributed by atoms with Crippen LogP contribution in [-0.2, 0) is 6.54 Å². The summed E-state index contributed by atoms with van der Waals surface area (Å²) in [7, 11) is 3.36. The van der Waals surface area contributed by atoms with Gasteiger partial charge in [-0.1, -0.05) is 23.9 Å². The van der Waals surface area contributed by atoms with Gasteiger partial charge in [0.05, 0.1) is 20.8 Å². The lowest BCUT2D eigenvalue weighted by molar-refractivity contribution is 0.413. The van der Waals surface area contributed by atoms with E-state index in [1.807, 2.05) is 35.5 Å². The van der Waals surface area contributed by atoms with Crippen molar-refractivity contribution in [1.82, 2.24) is 5.01 Å². The van der Waals surface area contributed by atoms with Gasteiger partial charge in [-0.15, -0.1) is 11.3 Å². The predicted octanol–water partition coefficient (Wildman–Crippen LogP) is 6.00. The van der Waals surface area contributed by atoms with Gasteiger partial charge in [0.2, 0.25) is 0 Å². The Morgan fingerprint density at radius 2 is 1.55 bits per heavy atom. The Balaban J connectivity index is 1.82. The number of aliphatic imine (C=N–C) groups is 1. The standard InChI is InChI=1S/C24H25N3O2S2/c1-15-16(2)31-23-21(15)22(18-8-12-20(29-4)13-9-18)26-27(24(25-23)30-5)14-17-6-10-19(28-3)11-7-17/h6-13H,14H2,1-5H3. The van der Waals surface area contributed by atoms with E-state index in [2.05, 4.69) is 38.1 Å². The van der Waals surface area contributed by atoms with Gasteiger partial charge >= 0.3 is 0 Å². The van der Waals surface area contributed by atoms with Crippen LogP contribution in [0.25, 0.3) is 0 Å². The molecule has 0 bridgehead atoms. The maximum Gasteiger partial charge on any atom is 0.185 e. The molecular weight excluding hydrogens is 426 g/mol. The number of amidine groups is 1. The summed E-state index contributed by atoms with van der Waals surface area (Å²) in [4.78, 5) is 6.28. The first-order valence-corrected chi connectivity index (χ1v) is 11.9. The van der Waals surface area contributed by atoms with Crippen molar-refractivity contribution in [1.29, 1.82) is 0 Å². The Kier molecular flexibility index (Phi) is 6.34. The highest BCUT2D eigenvalue weighted by Crippen LogP contribution is 2.39. The Morgan fingerprint density at radius 3 is 2.13 bits per heavy atom. The van der Waals surface area contributed by atoms with Crippen LogP contribution in [0, 0.1) is 13.8 Å². The first-order valence-electron chi connectivity index (χ1n) is 9.90. The lowest BCUT2D eigenvalue weighted by atomic mass is 10.00. The van der Waals surface area contributed by atoms with Gasteiger partial charge < -0.3 is 9.47 Å². The number of fused-ring (bicyclic) bond motifs is 1. The number of aryl methyl sites for hydroxylation is 1. The molecule has 0 saturated carbocycles. The van der Waals surface area contributed by atoms with Gasteiger partial charge in [-0.05, 0) is 67.6 Å². The van der Waals surface area contributed by atoms with Gasteiger partial charge in [-0.25, -0.2) is 10.0 Å². The summed E-state index contributed by atoms with van der Waals surface area (Å²) >= 11 is 3.33. The smallest absolute Gasteiger partial charge is 0.185 e. The fourth-order valence-electron chi connectivity index (χ4n) is 3.43. The largest absolute Gasteiger partial charge is 0.497 e. The number of thioether (sulfide) groups is 1. The zero-order valence-electron chi connectivity index (χ0n) is 18.3. The van der Waals surface area contributed by atoms with Crippen LogP contribution in [-0.4, -0.2) is 36.4 Å². The zero-order valence-corrected chi connectivity index (χ0v) is 19.9. The van der Waals surface area contributed by atoms with Crippen molar-refractivity contribution in [3.05, 3.63) is 75.7 Å². The molecule has 2 heterocycles. The molecule has 0 atom stereocenters.